The molecule has 0 unspecified atom stereocenters. The highest BCUT2D eigenvalue weighted by Gasteiger charge is 2.17. The molecule has 0 saturated carbocycles. The van der Waals surface area contributed by atoms with Gasteiger partial charge in [-0.3, -0.25) is 39.6 Å². The van der Waals surface area contributed by atoms with Crippen LogP contribution in [0.5, 0.6) is 0 Å². The van der Waals surface area contributed by atoms with Crippen LogP contribution in [-0.2, 0) is 64.5 Å². The second-order valence-electron chi connectivity index (χ2n) is 22.7. The van der Waals surface area contributed by atoms with Crippen molar-refractivity contribution < 1.29 is 0 Å². The Morgan fingerprint density at radius 3 is 0.772 bits per heavy atom. The lowest BCUT2D eigenvalue weighted by molar-refractivity contribution is 0.652. The normalized spacial score (nSPS) is 9.89. The number of aromatic amines is 4. The Kier molecular flexibility index (Phi) is 41.8. The summed E-state index contributed by atoms with van der Waals surface area (Å²) < 4.78 is 5.78. The largest absolute Gasteiger partial charge is 0.276 e. The molecule has 10 heterocycles. The molecule has 0 bridgehead atoms. The fourth-order valence-corrected chi connectivity index (χ4v) is 10.9. The number of nitrogens with one attached hydrogen (secondary N) is 4. The Labute approximate surface area is 668 Å². The number of hydrogen-bond donors (Lipinski definition) is 4. The lowest BCUT2D eigenvalue weighted by Gasteiger charge is -2.05. The summed E-state index contributed by atoms with van der Waals surface area (Å²) in [6.07, 6.45) is 12.8. The molecule has 16 rings (SSSR count). The molecule has 0 spiro atoms. The average molecular weight is 1540 g/mol. The van der Waals surface area contributed by atoms with Crippen molar-refractivity contribution in [1.82, 2.24) is 99.8 Å². The van der Waals surface area contributed by atoms with Gasteiger partial charge in [-0.25, -0.2) is 29.3 Å². The maximum Gasteiger partial charge on any atom is 0.273 e. The fraction of sp³-hybridized carbons (Fsp3) is 0.289. The second-order valence-corrected chi connectivity index (χ2v) is 22.7. The molecule has 6 aromatic carbocycles. The van der Waals surface area contributed by atoms with E-state index in [-0.39, 0.29) is 22.2 Å². The van der Waals surface area contributed by atoms with Gasteiger partial charge in [-0.1, -0.05) is 269 Å². The van der Waals surface area contributed by atoms with Crippen molar-refractivity contribution in [3.63, 3.8) is 0 Å². The molecule has 10 aromatic heterocycles. The van der Waals surface area contributed by atoms with Crippen molar-refractivity contribution >= 4 is 44.1 Å². The quantitative estimate of drug-likeness (QED) is 0.0620. The van der Waals surface area contributed by atoms with Crippen LogP contribution in [0.2, 0.25) is 0 Å². The summed E-state index contributed by atoms with van der Waals surface area (Å²) in [5.41, 5.74) is 14.3. The van der Waals surface area contributed by atoms with Gasteiger partial charge in [0.25, 0.3) is 22.2 Å². The Balaban J connectivity index is 0.000000256. The van der Waals surface area contributed by atoms with Crippen molar-refractivity contribution in [3.05, 3.63) is 341 Å². The van der Waals surface area contributed by atoms with E-state index in [0.29, 0.717) is 71.9 Å². The van der Waals surface area contributed by atoms with Gasteiger partial charge in [0.05, 0.1) is 69.3 Å². The molecule has 0 atom stereocenters. The maximum absolute atomic E-state index is 12.3. The van der Waals surface area contributed by atoms with Gasteiger partial charge in [0.2, 0.25) is 0 Å². The molecule has 24 heteroatoms. The molecule has 0 amide bonds. The smallest absolute Gasteiger partial charge is 0.273 e. The van der Waals surface area contributed by atoms with Crippen molar-refractivity contribution in [1.29, 1.82) is 0 Å². The summed E-state index contributed by atoms with van der Waals surface area (Å²) in [5.74, 6) is 1.52. The van der Waals surface area contributed by atoms with Gasteiger partial charge in [0, 0.05) is 74.7 Å². The highest BCUT2D eigenvalue weighted by molar-refractivity contribution is 5.78. The number of para-hydroxylation sites is 2. The number of hydrogen-bond acceptors (Lipinski definition) is 16. The molecule has 16 aromatic rings. The monoisotopic (exact) mass is 1540 g/mol. The van der Waals surface area contributed by atoms with E-state index < -0.39 is 0 Å². The van der Waals surface area contributed by atoms with E-state index in [4.69, 9.17) is 0 Å². The van der Waals surface area contributed by atoms with E-state index in [1.165, 1.54) is 35.9 Å². The lowest BCUT2D eigenvalue weighted by Crippen LogP contribution is -2.22. The van der Waals surface area contributed by atoms with Crippen LogP contribution in [0, 0.1) is 0 Å². The van der Waals surface area contributed by atoms with Gasteiger partial charge in [-0.2, -0.15) is 50.2 Å². The molecule has 0 aliphatic rings. The number of aryl methyl sites for hydroxylation is 8. The lowest BCUT2D eigenvalue weighted by atomic mass is 10.1. The van der Waals surface area contributed by atoms with E-state index in [2.05, 4.69) is 105 Å². The Morgan fingerprint density at radius 1 is 0.254 bits per heavy atom. The predicted octanol–water partition coefficient (Wildman–Crippen LogP) is 17.5. The predicted molar refractivity (Wildman–Crippen MR) is 464 cm³/mol. The second kappa shape index (κ2) is 52.1. The molecular weight excluding hydrogens is 1430 g/mol. The van der Waals surface area contributed by atoms with Crippen molar-refractivity contribution in [2.45, 2.75) is 175 Å². The van der Waals surface area contributed by atoms with E-state index in [1.807, 2.05) is 269 Å². The zero-order chi connectivity index (χ0) is 82.8. The summed E-state index contributed by atoms with van der Waals surface area (Å²) in [6.45, 7) is 32.9. The molecule has 114 heavy (non-hydrogen) atoms. The number of aromatic nitrogens is 20. The van der Waals surface area contributed by atoms with Gasteiger partial charge in [-0.05, 0) is 84.3 Å². The Bertz CT molecular complexity index is 5160. The molecule has 24 nitrogen and oxygen atoms in total. The third-order valence-electron chi connectivity index (χ3n) is 15.9. The molecule has 596 valence electrons. The first-order valence-corrected chi connectivity index (χ1v) is 39.8. The average Bonchev–Trinajstić information content (AvgIpc) is 1.54. The van der Waals surface area contributed by atoms with Crippen molar-refractivity contribution in [2.75, 3.05) is 0 Å². The van der Waals surface area contributed by atoms with Crippen molar-refractivity contribution in [2.24, 2.45) is 0 Å². The minimum atomic E-state index is -0.199. The molecule has 0 aliphatic carbocycles. The van der Waals surface area contributed by atoms with Gasteiger partial charge < -0.3 is 0 Å². The van der Waals surface area contributed by atoms with Gasteiger partial charge in [0.1, 0.15) is 33.7 Å². The maximum atomic E-state index is 12.3. The summed E-state index contributed by atoms with van der Waals surface area (Å²) >= 11 is 0. The van der Waals surface area contributed by atoms with E-state index in [0.717, 1.165) is 93.6 Å². The Hall–Kier alpha value is -13.1. The summed E-state index contributed by atoms with van der Waals surface area (Å²) in [7, 11) is 0. The number of fused-ring (bicyclic) bond motifs is 4. The molecule has 0 saturated heterocycles. The SMILES string of the molecule is CC.CC.CC.CC.CC.CC.CC.CC.O=c1cc2[nH]nc(CCc3ccccc3)c2nn1-c1ccccc1.O=c1cc2[nH]nc(CCc3ccccc3)c2nn1Cc1ccccc1.O=c1cc2[nH]nc(CCc3ncccn3)c2nn1-c1ccccc1.O=c1cc2[nH]nc(CCc3ncccn3)c2nn1Cc1ccccc1. The number of benzene rings is 6. The van der Waals surface area contributed by atoms with Gasteiger partial charge in [0.15, 0.2) is 0 Å². The van der Waals surface area contributed by atoms with E-state index in [1.54, 1.807) is 55.1 Å². The highest BCUT2D eigenvalue weighted by Crippen LogP contribution is 2.19. The first-order chi connectivity index (χ1) is 56.2. The van der Waals surface area contributed by atoms with Crippen LogP contribution in [0.1, 0.15) is 167 Å². The third kappa shape index (κ3) is 27.1. The zero-order valence-corrected chi connectivity index (χ0v) is 69.0. The molecule has 0 radical (unpaired) electrons. The van der Waals surface area contributed by atoms with Gasteiger partial charge in [-0.15, -0.1) is 0 Å². The standard InChI is InChI=1S/C20H18N4O.C19H16N4O.C18H16N6O.C17H14N6O.8C2H6/c25-19-13-18-20(23-24(19)14-16-9-5-2-6-10-16)17(21-22-18)12-11-15-7-3-1-4-8-15;24-18-13-17-19(22-23(18)15-9-5-2-6-10-15)16(20-21-17)12-11-14-7-3-1-4-8-14;25-17-11-15-18(23-24(17)12-13-5-2-1-3-6-13)14(21-22-15)7-8-16-19-9-4-10-20-16;24-16-11-14-17(22-23(16)12-5-2-1-3-6-12)13(20-21-14)7-8-15-18-9-4-10-19-15;8*1-2/h1-10,13,22H,11-12,14H2;1-10,13,21H,11-12H2;1-6,9-11,22H,7-8,12H2;1-6,9-11,21H,7-8H2;8*1-2H3. The topological polar surface area (TPSA) is 306 Å². The van der Waals surface area contributed by atoms with Crippen LogP contribution >= 0.6 is 0 Å². The van der Waals surface area contributed by atoms with Crippen LogP contribution in [0.3, 0.4) is 0 Å². The van der Waals surface area contributed by atoms with Gasteiger partial charge >= 0.3 is 0 Å². The van der Waals surface area contributed by atoms with E-state index >= 15 is 0 Å². The third-order valence-corrected chi connectivity index (χ3v) is 15.9. The molecule has 0 aliphatic heterocycles. The van der Waals surface area contributed by atoms with Crippen LogP contribution in [0.4, 0.5) is 0 Å². The minimum absolute atomic E-state index is 0.130. The molecular formula is C90H112N20O4. The first kappa shape index (κ1) is 91.5. The first-order valence-electron chi connectivity index (χ1n) is 39.8. The summed E-state index contributed by atoms with van der Waals surface area (Å²) in [4.78, 5) is 65.9. The number of nitrogens with zero attached hydrogens (tertiary/aromatic N) is 16. The molecule has 4 N–H and O–H groups in total. The number of rotatable bonds is 18. The van der Waals surface area contributed by atoms with Crippen LogP contribution in [0.15, 0.2) is 262 Å². The minimum Gasteiger partial charge on any atom is -0.276 e. The Morgan fingerprint density at radius 2 is 0.491 bits per heavy atom. The van der Waals surface area contributed by atoms with E-state index in [9.17, 15) is 19.2 Å². The van der Waals surface area contributed by atoms with Crippen LogP contribution in [0.25, 0.3) is 55.5 Å². The summed E-state index contributed by atoms with van der Waals surface area (Å²) in [5, 5.41) is 47.0. The van der Waals surface area contributed by atoms with Crippen LogP contribution in [-0.4, -0.2) is 99.8 Å². The highest BCUT2D eigenvalue weighted by atomic mass is 16.1. The fourth-order valence-electron chi connectivity index (χ4n) is 10.9. The zero-order valence-electron chi connectivity index (χ0n) is 69.0. The van der Waals surface area contributed by atoms with Crippen LogP contribution < -0.4 is 22.2 Å². The molecule has 0 fully saturated rings. The summed E-state index contributed by atoms with van der Waals surface area (Å²) in [6, 6.07) is 68.7. The van der Waals surface area contributed by atoms with Crippen molar-refractivity contribution in [3.8, 4) is 11.4 Å². The number of H-pyrrole nitrogens is 4.